The van der Waals surface area contributed by atoms with Crippen LogP contribution in [0.25, 0.3) is 0 Å². The molecule has 0 aliphatic rings. The summed E-state index contributed by atoms with van der Waals surface area (Å²) >= 11 is 5.20. The van der Waals surface area contributed by atoms with Crippen LogP contribution in [-0.4, -0.2) is 5.75 Å². The average Bonchev–Trinajstić information content (AvgIpc) is 2.45. The Balaban J connectivity index is 2.13. The first-order valence-electron chi connectivity index (χ1n) is 6.21. The molecular formula is C15H16BrFN2S. The fraction of sp³-hybridized carbons (Fsp3) is 0.200. The van der Waals surface area contributed by atoms with Gasteiger partial charge in [-0.1, -0.05) is 18.2 Å². The molecule has 106 valence electrons. The van der Waals surface area contributed by atoms with Crippen LogP contribution in [0.3, 0.4) is 0 Å². The van der Waals surface area contributed by atoms with E-state index in [0.29, 0.717) is 0 Å². The Bertz CT molecular complexity index is 592. The zero-order valence-corrected chi connectivity index (χ0v) is 13.5. The average molecular weight is 355 g/mol. The summed E-state index contributed by atoms with van der Waals surface area (Å²) in [6.45, 7) is 1.96. The Morgan fingerprint density at radius 2 is 2.05 bits per heavy atom. The van der Waals surface area contributed by atoms with E-state index in [1.807, 2.05) is 31.2 Å². The van der Waals surface area contributed by atoms with Crippen molar-refractivity contribution in [1.29, 1.82) is 0 Å². The summed E-state index contributed by atoms with van der Waals surface area (Å²) in [7, 11) is 0. The van der Waals surface area contributed by atoms with Crippen molar-refractivity contribution in [1.82, 2.24) is 5.43 Å². The third-order valence-electron chi connectivity index (χ3n) is 3.06. The highest BCUT2D eigenvalue weighted by Crippen LogP contribution is 2.31. The van der Waals surface area contributed by atoms with Crippen LogP contribution in [0.15, 0.2) is 51.8 Å². The number of halogens is 2. The quantitative estimate of drug-likeness (QED) is 0.480. The molecule has 0 aliphatic carbocycles. The minimum atomic E-state index is -0.239. The molecule has 5 heteroatoms. The smallest absolute Gasteiger partial charge is 0.123 e. The number of nitrogens with one attached hydrogen (secondary N) is 1. The molecule has 2 nitrogen and oxygen atoms in total. The lowest BCUT2D eigenvalue weighted by Gasteiger charge is -2.18. The van der Waals surface area contributed by atoms with Gasteiger partial charge >= 0.3 is 0 Å². The summed E-state index contributed by atoms with van der Waals surface area (Å²) in [6, 6.07) is 12.7. The fourth-order valence-electron chi connectivity index (χ4n) is 1.95. The summed E-state index contributed by atoms with van der Waals surface area (Å²) in [5.41, 5.74) is 4.70. The molecule has 0 fully saturated rings. The molecule has 2 rings (SSSR count). The number of hydrazine groups is 1. The van der Waals surface area contributed by atoms with Gasteiger partial charge in [0.25, 0.3) is 0 Å². The largest absolute Gasteiger partial charge is 0.271 e. The summed E-state index contributed by atoms with van der Waals surface area (Å²) in [5, 5.41) is 0. The molecule has 0 heterocycles. The van der Waals surface area contributed by atoms with E-state index >= 15 is 0 Å². The third-order valence-corrected chi connectivity index (χ3v) is 5.18. The van der Waals surface area contributed by atoms with Crippen LogP contribution in [-0.2, 0) is 0 Å². The summed E-state index contributed by atoms with van der Waals surface area (Å²) in [5.74, 6) is 6.11. The van der Waals surface area contributed by atoms with Crippen molar-refractivity contribution in [2.24, 2.45) is 5.84 Å². The highest BCUT2D eigenvalue weighted by atomic mass is 79.9. The first kappa shape index (κ1) is 15.5. The lowest BCUT2D eigenvalue weighted by atomic mass is 10.0. The van der Waals surface area contributed by atoms with E-state index in [1.165, 1.54) is 6.07 Å². The maximum absolute atomic E-state index is 13.4. The molecule has 0 bridgehead atoms. The van der Waals surface area contributed by atoms with Crippen LogP contribution in [0, 0.1) is 12.7 Å². The number of hydrogen-bond donors (Lipinski definition) is 2. The molecule has 2 aromatic carbocycles. The Labute approximate surface area is 131 Å². The molecule has 0 saturated heterocycles. The van der Waals surface area contributed by atoms with Gasteiger partial charge in [-0.25, -0.2) is 4.39 Å². The number of benzene rings is 2. The lowest BCUT2D eigenvalue weighted by molar-refractivity contribution is 0.588. The van der Waals surface area contributed by atoms with E-state index in [2.05, 4.69) is 21.4 Å². The van der Waals surface area contributed by atoms with Gasteiger partial charge in [0.1, 0.15) is 5.82 Å². The predicted octanol–water partition coefficient (Wildman–Crippen LogP) is 4.19. The SMILES string of the molecule is Cc1ccc(F)cc1C(CSc1ccccc1Br)NN. The molecule has 2 aromatic rings. The van der Waals surface area contributed by atoms with E-state index < -0.39 is 0 Å². The zero-order chi connectivity index (χ0) is 14.5. The highest BCUT2D eigenvalue weighted by molar-refractivity contribution is 9.10. The van der Waals surface area contributed by atoms with Crippen LogP contribution >= 0.6 is 27.7 Å². The van der Waals surface area contributed by atoms with Gasteiger partial charge in [-0.05, 0) is 58.2 Å². The summed E-state index contributed by atoms with van der Waals surface area (Å²) < 4.78 is 14.4. The molecule has 20 heavy (non-hydrogen) atoms. The van der Waals surface area contributed by atoms with Gasteiger partial charge in [-0.15, -0.1) is 11.8 Å². The Morgan fingerprint density at radius 3 is 2.75 bits per heavy atom. The molecule has 3 N–H and O–H groups in total. The Morgan fingerprint density at radius 1 is 1.30 bits per heavy atom. The molecule has 1 atom stereocenters. The van der Waals surface area contributed by atoms with Crippen LogP contribution in [0.5, 0.6) is 0 Å². The molecule has 0 aromatic heterocycles. The molecular weight excluding hydrogens is 339 g/mol. The zero-order valence-electron chi connectivity index (χ0n) is 11.1. The molecule has 0 aliphatic heterocycles. The molecule has 0 radical (unpaired) electrons. The van der Waals surface area contributed by atoms with E-state index in [4.69, 9.17) is 5.84 Å². The van der Waals surface area contributed by atoms with Gasteiger partial charge in [0.05, 0.1) is 6.04 Å². The minimum Gasteiger partial charge on any atom is -0.271 e. The highest BCUT2D eigenvalue weighted by Gasteiger charge is 2.14. The molecule has 0 saturated carbocycles. The van der Waals surface area contributed by atoms with Gasteiger partial charge in [0.2, 0.25) is 0 Å². The number of rotatable bonds is 5. The van der Waals surface area contributed by atoms with E-state index in [9.17, 15) is 4.39 Å². The predicted molar refractivity (Wildman–Crippen MR) is 86.1 cm³/mol. The number of aryl methyl sites for hydroxylation is 1. The normalized spacial score (nSPS) is 12.4. The summed E-state index contributed by atoms with van der Waals surface area (Å²) in [4.78, 5) is 1.14. The van der Waals surface area contributed by atoms with Crippen LogP contribution in [0.2, 0.25) is 0 Å². The van der Waals surface area contributed by atoms with Crippen LogP contribution in [0.1, 0.15) is 17.2 Å². The Hall–Kier alpha value is -0.880. The topological polar surface area (TPSA) is 38.0 Å². The van der Waals surface area contributed by atoms with E-state index in [-0.39, 0.29) is 11.9 Å². The van der Waals surface area contributed by atoms with Crippen molar-refractivity contribution in [3.8, 4) is 0 Å². The number of hydrogen-bond acceptors (Lipinski definition) is 3. The van der Waals surface area contributed by atoms with Crippen molar-refractivity contribution in [2.45, 2.75) is 17.9 Å². The van der Waals surface area contributed by atoms with Gasteiger partial charge in [0.15, 0.2) is 0 Å². The maximum Gasteiger partial charge on any atom is 0.123 e. The van der Waals surface area contributed by atoms with Crippen molar-refractivity contribution in [3.05, 3.63) is 63.9 Å². The van der Waals surface area contributed by atoms with Gasteiger partial charge in [-0.2, -0.15) is 0 Å². The van der Waals surface area contributed by atoms with Crippen molar-refractivity contribution in [2.75, 3.05) is 5.75 Å². The third kappa shape index (κ3) is 3.82. The van der Waals surface area contributed by atoms with Crippen molar-refractivity contribution in [3.63, 3.8) is 0 Å². The second-order valence-corrected chi connectivity index (χ2v) is 6.38. The fourth-order valence-corrected chi connectivity index (χ4v) is 3.58. The molecule has 1 unspecified atom stereocenters. The first-order valence-corrected chi connectivity index (χ1v) is 7.99. The molecule has 0 spiro atoms. The maximum atomic E-state index is 13.4. The monoisotopic (exact) mass is 354 g/mol. The standard InChI is InChI=1S/C15H16BrFN2S/c1-10-6-7-11(17)8-12(10)14(19-18)9-20-15-5-3-2-4-13(15)16/h2-8,14,19H,9,18H2,1H3. The summed E-state index contributed by atoms with van der Waals surface area (Å²) in [6.07, 6.45) is 0. The number of thioether (sulfide) groups is 1. The second kappa shape index (κ2) is 7.22. The number of nitrogens with two attached hydrogens (primary N) is 1. The van der Waals surface area contributed by atoms with E-state index in [0.717, 1.165) is 26.2 Å². The Kier molecular flexibility index (Phi) is 5.60. The van der Waals surface area contributed by atoms with Crippen LogP contribution < -0.4 is 11.3 Å². The second-order valence-electron chi connectivity index (χ2n) is 4.46. The van der Waals surface area contributed by atoms with Crippen molar-refractivity contribution >= 4 is 27.7 Å². The van der Waals surface area contributed by atoms with Crippen molar-refractivity contribution < 1.29 is 4.39 Å². The minimum absolute atomic E-state index is 0.0946. The first-order chi connectivity index (χ1) is 9.61. The van der Waals surface area contributed by atoms with Gasteiger partial charge in [-0.3, -0.25) is 11.3 Å². The lowest BCUT2D eigenvalue weighted by Crippen LogP contribution is -2.30. The van der Waals surface area contributed by atoms with Crippen LogP contribution in [0.4, 0.5) is 4.39 Å². The molecule has 0 amide bonds. The van der Waals surface area contributed by atoms with Gasteiger partial charge < -0.3 is 0 Å². The van der Waals surface area contributed by atoms with Gasteiger partial charge in [0, 0.05) is 15.1 Å². The van der Waals surface area contributed by atoms with E-state index in [1.54, 1.807) is 23.9 Å².